The molecule has 44 heavy (non-hydrogen) atoms. The van der Waals surface area contributed by atoms with Crippen LogP contribution in [0.3, 0.4) is 0 Å². The lowest BCUT2D eigenvalue weighted by Crippen LogP contribution is -2.41. The van der Waals surface area contributed by atoms with Crippen molar-refractivity contribution in [3.63, 3.8) is 0 Å². The Labute approximate surface area is 261 Å². The van der Waals surface area contributed by atoms with Gasteiger partial charge in [-0.2, -0.15) is 5.26 Å². The molecule has 230 valence electrons. The number of nitriles is 1. The summed E-state index contributed by atoms with van der Waals surface area (Å²) in [4.78, 5) is 5.35. The lowest BCUT2D eigenvalue weighted by molar-refractivity contribution is 0.0854. The third-order valence-corrected chi connectivity index (χ3v) is 11.8. The van der Waals surface area contributed by atoms with Crippen molar-refractivity contribution < 1.29 is 13.2 Å². The fraction of sp³-hybridized carbons (Fsp3) is 0.353. The Hall–Kier alpha value is -3.75. The minimum Gasteiger partial charge on any atom is -0.361 e. The van der Waals surface area contributed by atoms with E-state index in [9.17, 15) is 13.7 Å². The van der Waals surface area contributed by atoms with E-state index in [0.29, 0.717) is 17.7 Å². The second kappa shape index (κ2) is 11.6. The zero-order valence-electron chi connectivity index (χ0n) is 26.8. The molecule has 2 heterocycles. The second-order valence-electron chi connectivity index (χ2n) is 13.0. The maximum absolute atomic E-state index is 13.9. The zero-order valence-corrected chi connectivity index (χ0v) is 28.6. The molecule has 1 N–H and O–H groups in total. The minimum atomic E-state index is -3.84. The summed E-state index contributed by atoms with van der Waals surface area (Å²) >= 11 is 0. The molecule has 2 aromatic heterocycles. The monoisotopic (exact) mass is 627 g/mol. The summed E-state index contributed by atoms with van der Waals surface area (Å²) in [5.41, 5.74) is 5.70. The summed E-state index contributed by atoms with van der Waals surface area (Å²) in [5, 5.41) is 14.0. The number of fused-ring (bicyclic) bond motifs is 2. The van der Waals surface area contributed by atoms with Gasteiger partial charge in [0.25, 0.3) is 10.0 Å². The van der Waals surface area contributed by atoms with Crippen LogP contribution in [0.25, 0.3) is 21.9 Å². The molecule has 0 radical (unpaired) electrons. The molecule has 0 fully saturated rings. The molecule has 0 spiro atoms. The molecule has 0 amide bonds. The topological polar surface area (TPSA) is 102 Å². The summed E-state index contributed by atoms with van der Waals surface area (Å²) in [5.74, 6) is 0.723. The number of hydrogen-bond donors (Lipinski definition) is 1. The molecule has 0 saturated heterocycles. The van der Waals surface area contributed by atoms with E-state index < -0.39 is 23.6 Å². The zero-order chi connectivity index (χ0) is 32.0. The van der Waals surface area contributed by atoms with Gasteiger partial charge in [-0.25, -0.2) is 17.4 Å². The summed E-state index contributed by atoms with van der Waals surface area (Å²) in [6.45, 7) is 15.9. The van der Waals surface area contributed by atoms with Crippen LogP contribution in [0, 0.1) is 32.1 Å². The first kappa shape index (κ1) is 31.7. The Morgan fingerprint density at radius 2 is 1.73 bits per heavy atom. The molecule has 0 saturated carbocycles. The number of nitrogens with one attached hydrogen (secondary N) is 1. The van der Waals surface area contributed by atoms with E-state index >= 15 is 0 Å². The van der Waals surface area contributed by atoms with Gasteiger partial charge in [-0.1, -0.05) is 43.4 Å². The van der Waals surface area contributed by atoms with Crippen molar-refractivity contribution in [2.45, 2.75) is 70.5 Å². The van der Waals surface area contributed by atoms with E-state index in [1.165, 1.54) is 3.97 Å². The molecular formula is C34H41N5O3SSi. The van der Waals surface area contributed by atoms with Gasteiger partial charge in [0.1, 0.15) is 18.1 Å². The predicted octanol–water partition coefficient (Wildman–Crippen LogP) is 6.82. The largest absolute Gasteiger partial charge is 0.361 e. The van der Waals surface area contributed by atoms with E-state index in [4.69, 9.17) is 9.72 Å². The van der Waals surface area contributed by atoms with E-state index in [1.807, 2.05) is 61.9 Å². The fourth-order valence-corrected chi connectivity index (χ4v) is 8.12. The second-order valence-corrected chi connectivity index (χ2v) is 20.4. The Kier molecular flexibility index (Phi) is 8.37. The quantitative estimate of drug-likeness (QED) is 0.135. The van der Waals surface area contributed by atoms with Gasteiger partial charge < -0.3 is 14.6 Å². The molecule has 0 aliphatic carbocycles. The molecule has 0 aliphatic heterocycles. The van der Waals surface area contributed by atoms with Gasteiger partial charge in [0, 0.05) is 26.3 Å². The highest BCUT2D eigenvalue weighted by Gasteiger charge is 2.37. The Balaban J connectivity index is 1.72. The van der Waals surface area contributed by atoms with E-state index in [0.717, 1.165) is 50.5 Å². The van der Waals surface area contributed by atoms with E-state index in [2.05, 4.69) is 44.9 Å². The molecule has 8 nitrogen and oxygen atoms in total. The van der Waals surface area contributed by atoms with Crippen LogP contribution in [0.5, 0.6) is 0 Å². The number of benzene rings is 3. The maximum atomic E-state index is 13.9. The van der Waals surface area contributed by atoms with Crippen LogP contribution in [0.15, 0.2) is 65.7 Å². The van der Waals surface area contributed by atoms with Gasteiger partial charge in [-0.3, -0.25) is 0 Å². The van der Waals surface area contributed by atoms with Gasteiger partial charge in [0.2, 0.25) is 0 Å². The highest BCUT2D eigenvalue weighted by Crippen LogP contribution is 2.40. The van der Waals surface area contributed by atoms with Gasteiger partial charge >= 0.3 is 0 Å². The molecule has 3 aromatic carbocycles. The average Bonchev–Trinajstić information content (AvgIpc) is 3.57. The summed E-state index contributed by atoms with van der Waals surface area (Å²) in [6.07, 6.45) is 1.65. The summed E-state index contributed by atoms with van der Waals surface area (Å²) in [6, 6.07) is 19.6. The van der Waals surface area contributed by atoms with Crippen molar-refractivity contribution >= 4 is 40.0 Å². The molecule has 0 bridgehead atoms. The van der Waals surface area contributed by atoms with Gasteiger partial charge in [0.15, 0.2) is 0 Å². The molecule has 5 aromatic rings. The minimum absolute atomic E-state index is 0.240. The highest BCUT2D eigenvalue weighted by atomic mass is 32.2. The standard InChI is InChI=1S/C34H41N5O3SSi/c1-23-9-12-27(13-10-23)43(40,41)39-16-15-28-31(24(2)19-25(3)32(28)39)34(4,36-5)33-37-29-14-11-26(21-35)20-30(29)38(33)22-42-17-18-44(6,7)8/h9-16,19-20,36H,17-18,22H2,1-8H3. The number of imidazole rings is 1. The third kappa shape index (κ3) is 5.61. The van der Waals surface area contributed by atoms with Crippen LogP contribution in [0.1, 0.15) is 40.6 Å². The van der Waals surface area contributed by atoms with Gasteiger partial charge in [0.05, 0.1) is 33.1 Å². The smallest absolute Gasteiger partial charge is 0.268 e. The molecule has 0 aliphatic rings. The third-order valence-electron chi connectivity index (χ3n) is 8.44. The maximum Gasteiger partial charge on any atom is 0.268 e. The van der Waals surface area contributed by atoms with E-state index in [1.54, 1.807) is 24.4 Å². The number of rotatable bonds is 10. The van der Waals surface area contributed by atoms with Crippen LogP contribution in [0.4, 0.5) is 0 Å². The molecule has 5 rings (SSSR count). The summed E-state index contributed by atoms with van der Waals surface area (Å²) in [7, 11) is -3.25. The van der Waals surface area contributed by atoms with Crippen molar-refractivity contribution in [1.82, 2.24) is 18.8 Å². The molecule has 1 atom stereocenters. The molecule has 1 unspecified atom stereocenters. The van der Waals surface area contributed by atoms with Gasteiger partial charge in [-0.05, 0) is 93.9 Å². The normalized spacial score (nSPS) is 13.8. The highest BCUT2D eigenvalue weighted by molar-refractivity contribution is 7.90. The number of aromatic nitrogens is 3. The van der Waals surface area contributed by atoms with Crippen molar-refractivity contribution in [1.29, 1.82) is 5.26 Å². The van der Waals surface area contributed by atoms with Crippen LogP contribution in [0.2, 0.25) is 25.7 Å². The number of aryl methyl sites for hydroxylation is 3. The lowest BCUT2D eigenvalue weighted by Gasteiger charge is -2.33. The van der Waals surface area contributed by atoms with Crippen molar-refractivity contribution in [2.75, 3.05) is 13.7 Å². The van der Waals surface area contributed by atoms with Gasteiger partial charge in [-0.15, -0.1) is 0 Å². The van der Waals surface area contributed by atoms with Crippen molar-refractivity contribution in [3.8, 4) is 6.07 Å². The van der Waals surface area contributed by atoms with Crippen LogP contribution in [-0.4, -0.2) is 43.7 Å². The Morgan fingerprint density at radius 3 is 2.36 bits per heavy atom. The first-order valence-corrected chi connectivity index (χ1v) is 20.0. The predicted molar refractivity (Wildman–Crippen MR) is 179 cm³/mol. The SMILES string of the molecule is CNC(C)(c1c(C)cc(C)c2c1ccn2S(=O)(=O)c1ccc(C)cc1)c1nc2ccc(C#N)cc2n1COCC[Si](C)(C)C. The first-order chi connectivity index (χ1) is 20.7. The Bertz CT molecular complexity index is 2010. The average molecular weight is 628 g/mol. The Morgan fingerprint density at radius 1 is 1.02 bits per heavy atom. The van der Waals surface area contributed by atoms with Crippen LogP contribution in [-0.2, 0) is 27.0 Å². The van der Waals surface area contributed by atoms with Crippen molar-refractivity contribution in [3.05, 3.63) is 94.4 Å². The van der Waals surface area contributed by atoms with E-state index in [-0.39, 0.29) is 11.6 Å². The first-order valence-electron chi connectivity index (χ1n) is 14.8. The van der Waals surface area contributed by atoms with Crippen LogP contribution < -0.4 is 5.32 Å². The number of nitrogens with zero attached hydrogens (tertiary/aromatic N) is 4. The number of hydrogen-bond acceptors (Lipinski definition) is 6. The summed E-state index contributed by atoms with van der Waals surface area (Å²) < 4.78 is 37.5. The molecular weight excluding hydrogens is 587 g/mol. The number of ether oxygens (including phenoxy) is 1. The molecule has 10 heteroatoms. The lowest BCUT2D eigenvalue weighted by atomic mass is 9.84. The van der Waals surface area contributed by atoms with Crippen molar-refractivity contribution in [2.24, 2.45) is 0 Å². The fourth-order valence-electron chi connectivity index (χ4n) is 5.96. The van der Waals surface area contributed by atoms with Crippen LogP contribution >= 0.6 is 0 Å².